The second kappa shape index (κ2) is 9.05. The minimum Gasteiger partial charge on any atom is -0.357 e. The van der Waals surface area contributed by atoms with Crippen LogP contribution in [0.4, 0.5) is 5.82 Å². The van der Waals surface area contributed by atoms with Gasteiger partial charge in [0.1, 0.15) is 12.1 Å². The van der Waals surface area contributed by atoms with Gasteiger partial charge in [-0.2, -0.15) is 0 Å². The Bertz CT molecular complexity index is 967. The Labute approximate surface area is 175 Å². The second-order valence-electron chi connectivity index (χ2n) is 7.20. The molecule has 1 saturated heterocycles. The summed E-state index contributed by atoms with van der Waals surface area (Å²) >= 11 is 5.89. The Morgan fingerprint density at radius 2 is 1.69 bits per heavy atom. The van der Waals surface area contributed by atoms with Crippen LogP contribution in [0, 0.1) is 0 Å². The zero-order chi connectivity index (χ0) is 20.1. The van der Waals surface area contributed by atoms with Crippen LogP contribution in [0.5, 0.6) is 0 Å². The van der Waals surface area contributed by atoms with Gasteiger partial charge in [-0.05, 0) is 49.1 Å². The lowest BCUT2D eigenvalue weighted by molar-refractivity contribution is 0.0951. The summed E-state index contributed by atoms with van der Waals surface area (Å²) in [4.78, 5) is 23.6. The largest absolute Gasteiger partial charge is 0.357 e. The maximum absolute atomic E-state index is 12.4. The van der Waals surface area contributed by atoms with E-state index in [0.29, 0.717) is 17.1 Å². The van der Waals surface area contributed by atoms with Gasteiger partial charge < -0.3 is 10.2 Å². The minimum atomic E-state index is -0.108. The zero-order valence-electron chi connectivity index (χ0n) is 16.1. The van der Waals surface area contributed by atoms with Crippen molar-refractivity contribution < 1.29 is 4.79 Å². The topological polar surface area (TPSA) is 58.1 Å². The fourth-order valence-corrected chi connectivity index (χ4v) is 3.61. The van der Waals surface area contributed by atoms with Gasteiger partial charge in [-0.15, -0.1) is 0 Å². The molecule has 0 bridgehead atoms. The quantitative estimate of drug-likeness (QED) is 0.666. The molecule has 29 heavy (non-hydrogen) atoms. The number of hydrogen-bond acceptors (Lipinski definition) is 4. The molecule has 1 amide bonds. The molecule has 1 aliphatic heterocycles. The van der Waals surface area contributed by atoms with Gasteiger partial charge >= 0.3 is 0 Å². The van der Waals surface area contributed by atoms with Gasteiger partial charge in [0, 0.05) is 41.9 Å². The summed E-state index contributed by atoms with van der Waals surface area (Å²) in [5.41, 5.74) is 3.47. The highest BCUT2D eigenvalue weighted by Gasteiger charge is 2.13. The molecule has 1 fully saturated rings. The molecule has 3 aromatic rings. The lowest BCUT2D eigenvalue weighted by Crippen LogP contribution is -2.30. The predicted octanol–water partition coefficient (Wildman–Crippen LogP) is 4.72. The van der Waals surface area contributed by atoms with Crippen LogP contribution < -0.4 is 10.2 Å². The summed E-state index contributed by atoms with van der Waals surface area (Å²) in [6, 6.07) is 17.0. The van der Waals surface area contributed by atoms with Gasteiger partial charge in [0.15, 0.2) is 0 Å². The van der Waals surface area contributed by atoms with Crippen LogP contribution in [-0.4, -0.2) is 29.0 Å². The van der Waals surface area contributed by atoms with Crippen LogP contribution in [0.15, 0.2) is 60.9 Å². The Morgan fingerprint density at radius 1 is 0.966 bits per heavy atom. The Morgan fingerprint density at radius 3 is 2.41 bits per heavy atom. The summed E-state index contributed by atoms with van der Waals surface area (Å²) in [5.74, 6) is 0.864. The molecule has 0 atom stereocenters. The lowest BCUT2D eigenvalue weighted by Gasteiger charge is -2.27. The smallest absolute Gasteiger partial charge is 0.251 e. The number of carbonyl (C=O) groups is 1. The van der Waals surface area contributed by atoms with Crippen LogP contribution in [0.2, 0.25) is 5.02 Å². The second-order valence-corrected chi connectivity index (χ2v) is 7.63. The van der Waals surface area contributed by atoms with E-state index in [1.165, 1.54) is 19.3 Å². The molecular weight excluding hydrogens is 384 g/mol. The summed E-state index contributed by atoms with van der Waals surface area (Å²) in [7, 11) is 0. The Hall–Kier alpha value is -2.92. The minimum absolute atomic E-state index is 0.108. The van der Waals surface area contributed by atoms with Crippen molar-refractivity contribution in [3.63, 3.8) is 0 Å². The van der Waals surface area contributed by atoms with Crippen molar-refractivity contribution in [2.45, 2.75) is 25.8 Å². The van der Waals surface area contributed by atoms with Crippen molar-refractivity contribution in [2.75, 3.05) is 18.0 Å². The molecule has 0 aliphatic carbocycles. The molecule has 5 nitrogen and oxygen atoms in total. The molecule has 1 aliphatic rings. The van der Waals surface area contributed by atoms with Crippen LogP contribution in [0.3, 0.4) is 0 Å². The van der Waals surface area contributed by atoms with E-state index in [1.54, 1.807) is 6.33 Å². The molecule has 4 rings (SSSR count). The van der Waals surface area contributed by atoms with Crippen molar-refractivity contribution in [3.05, 3.63) is 77.1 Å². The molecule has 0 unspecified atom stereocenters. The van der Waals surface area contributed by atoms with E-state index in [0.717, 1.165) is 35.7 Å². The van der Waals surface area contributed by atoms with Gasteiger partial charge in [-0.25, -0.2) is 9.97 Å². The third-order valence-corrected chi connectivity index (χ3v) is 5.39. The van der Waals surface area contributed by atoms with Crippen LogP contribution in [0.1, 0.15) is 35.2 Å². The highest BCUT2D eigenvalue weighted by molar-refractivity contribution is 6.30. The van der Waals surface area contributed by atoms with E-state index < -0.39 is 0 Å². The predicted molar refractivity (Wildman–Crippen MR) is 116 cm³/mol. The van der Waals surface area contributed by atoms with Gasteiger partial charge in [0.2, 0.25) is 0 Å². The number of nitrogens with zero attached hydrogens (tertiary/aromatic N) is 3. The zero-order valence-corrected chi connectivity index (χ0v) is 16.9. The molecule has 0 radical (unpaired) electrons. The number of benzene rings is 2. The number of rotatable bonds is 5. The molecule has 0 saturated carbocycles. The average molecular weight is 407 g/mol. The summed E-state index contributed by atoms with van der Waals surface area (Å²) in [6.45, 7) is 2.55. The van der Waals surface area contributed by atoms with Crippen LogP contribution in [-0.2, 0) is 6.54 Å². The average Bonchev–Trinajstić information content (AvgIpc) is 2.79. The highest BCUT2D eigenvalue weighted by atomic mass is 35.5. The molecule has 0 spiro atoms. The Kier molecular flexibility index (Phi) is 6.06. The molecule has 2 aromatic carbocycles. The van der Waals surface area contributed by atoms with Crippen molar-refractivity contribution in [1.29, 1.82) is 0 Å². The number of anilines is 1. The highest BCUT2D eigenvalue weighted by Crippen LogP contribution is 2.23. The monoisotopic (exact) mass is 406 g/mol. The maximum Gasteiger partial charge on any atom is 0.251 e. The van der Waals surface area contributed by atoms with Gasteiger partial charge in [-0.3, -0.25) is 4.79 Å². The number of amides is 1. The van der Waals surface area contributed by atoms with Crippen molar-refractivity contribution in [3.8, 4) is 11.3 Å². The van der Waals surface area contributed by atoms with Crippen molar-refractivity contribution >= 4 is 23.3 Å². The van der Waals surface area contributed by atoms with E-state index in [4.69, 9.17) is 11.6 Å². The summed E-state index contributed by atoms with van der Waals surface area (Å²) in [6.07, 6.45) is 5.32. The maximum atomic E-state index is 12.4. The first-order valence-electron chi connectivity index (χ1n) is 9.89. The summed E-state index contributed by atoms with van der Waals surface area (Å²) in [5, 5.41) is 3.62. The number of carbonyl (C=O) groups excluding carboxylic acids is 1. The SMILES string of the molecule is O=C(NCc1ccc(Cl)cc1)c1ccc(-c2cc(N3CCCCC3)ncn2)cc1. The van der Waals surface area contributed by atoms with Gasteiger partial charge in [-0.1, -0.05) is 35.9 Å². The number of nitrogens with one attached hydrogen (secondary N) is 1. The number of halogens is 1. The van der Waals surface area contributed by atoms with E-state index in [1.807, 2.05) is 54.6 Å². The molecule has 1 N–H and O–H groups in total. The number of hydrogen-bond donors (Lipinski definition) is 1. The van der Waals surface area contributed by atoms with E-state index in [-0.39, 0.29) is 5.91 Å². The van der Waals surface area contributed by atoms with Crippen molar-refractivity contribution in [1.82, 2.24) is 15.3 Å². The molecule has 6 heteroatoms. The normalized spacial score (nSPS) is 13.9. The van der Waals surface area contributed by atoms with E-state index >= 15 is 0 Å². The van der Waals surface area contributed by atoms with E-state index in [9.17, 15) is 4.79 Å². The summed E-state index contributed by atoms with van der Waals surface area (Å²) < 4.78 is 0. The number of piperidine rings is 1. The first kappa shape index (κ1) is 19.4. The third kappa shape index (κ3) is 4.93. The first-order valence-corrected chi connectivity index (χ1v) is 10.3. The fourth-order valence-electron chi connectivity index (χ4n) is 3.48. The van der Waals surface area contributed by atoms with Crippen LogP contribution in [0.25, 0.3) is 11.3 Å². The first-order chi connectivity index (χ1) is 14.2. The molecule has 1 aromatic heterocycles. The third-order valence-electron chi connectivity index (χ3n) is 5.14. The molecular formula is C23H23ClN4O. The fraction of sp³-hybridized carbons (Fsp3) is 0.261. The van der Waals surface area contributed by atoms with Crippen molar-refractivity contribution in [2.24, 2.45) is 0 Å². The standard InChI is InChI=1S/C23H23ClN4O/c24-20-10-4-17(5-11-20)15-25-23(29)19-8-6-18(7-9-19)21-14-22(27-16-26-21)28-12-2-1-3-13-28/h4-11,14,16H,1-3,12-13,15H2,(H,25,29). The molecule has 2 heterocycles. The Balaban J connectivity index is 1.42. The van der Waals surface area contributed by atoms with Gasteiger partial charge in [0.05, 0.1) is 5.69 Å². The molecule has 148 valence electrons. The lowest BCUT2D eigenvalue weighted by atomic mass is 10.1. The van der Waals surface area contributed by atoms with Gasteiger partial charge in [0.25, 0.3) is 5.91 Å². The van der Waals surface area contributed by atoms with E-state index in [2.05, 4.69) is 20.2 Å². The number of aromatic nitrogens is 2. The van der Waals surface area contributed by atoms with Crippen LogP contribution >= 0.6 is 11.6 Å².